The van der Waals surface area contributed by atoms with Crippen LogP contribution in [-0.2, 0) is 0 Å². The van der Waals surface area contributed by atoms with Gasteiger partial charge in [-0.3, -0.25) is 0 Å². The first-order valence-electron chi connectivity index (χ1n) is 5.73. The average molecular weight is 276 g/mol. The van der Waals surface area contributed by atoms with Crippen molar-refractivity contribution in [1.29, 1.82) is 0 Å². The van der Waals surface area contributed by atoms with Gasteiger partial charge < -0.3 is 9.32 Å². The smallest absolute Gasteiger partial charge is 0.146 e. The van der Waals surface area contributed by atoms with E-state index < -0.39 is 0 Å². The van der Waals surface area contributed by atoms with Crippen molar-refractivity contribution in [2.75, 3.05) is 19.0 Å². The molecule has 0 amide bonds. The van der Waals surface area contributed by atoms with Crippen molar-refractivity contribution in [3.05, 3.63) is 52.9 Å². The maximum Gasteiger partial charge on any atom is 0.146 e. The lowest BCUT2D eigenvalue weighted by molar-refractivity contribution is 0.560. The summed E-state index contributed by atoms with van der Waals surface area (Å²) in [7, 11) is 3.93. The van der Waals surface area contributed by atoms with Crippen LogP contribution in [0.2, 0.25) is 5.02 Å². The van der Waals surface area contributed by atoms with Gasteiger partial charge in [0.25, 0.3) is 0 Å². The molecule has 1 heterocycles. The van der Waals surface area contributed by atoms with Gasteiger partial charge in [0, 0.05) is 25.3 Å². The number of halogens is 1. The summed E-state index contributed by atoms with van der Waals surface area (Å²) in [5, 5.41) is 8.47. The molecule has 0 bridgehead atoms. The van der Waals surface area contributed by atoms with Crippen molar-refractivity contribution < 1.29 is 4.42 Å². The van der Waals surface area contributed by atoms with Crippen molar-refractivity contribution in [3.8, 4) is 0 Å². The van der Waals surface area contributed by atoms with E-state index in [1.807, 2.05) is 37.2 Å². The quantitative estimate of drug-likeness (QED) is 0.633. The van der Waals surface area contributed by atoms with E-state index in [2.05, 4.69) is 10.2 Å². The molecule has 0 saturated heterocycles. The molecule has 0 spiro atoms. The highest BCUT2D eigenvalue weighted by atomic mass is 35.5. The average Bonchev–Trinajstić information content (AvgIpc) is 2.89. The Labute approximate surface area is 117 Å². The number of benzene rings is 1. The van der Waals surface area contributed by atoms with Crippen LogP contribution in [0.1, 0.15) is 11.3 Å². The topological polar surface area (TPSA) is 41.1 Å². The minimum Gasteiger partial charge on any atom is -0.463 e. The summed E-state index contributed by atoms with van der Waals surface area (Å²) in [5.74, 6) is 0.659. The van der Waals surface area contributed by atoms with Gasteiger partial charge in [0.1, 0.15) is 5.76 Å². The van der Waals surface area contributed by atoms with E-state index in [1.54, 1.807) is 30.8 Å². The molecular weight excluding hydrogens is 262 g/mol. The van der Waals surface area contributed by atoms with Crippen LogP contribution in [0, 0.1) is 0 Å². The second-order valence-corrected chi connectivity index (χ2v) is 4.51. The van der Waals surface area contributed by atoms with Crippen LogP contribution in [0.25, 0.3) is 0 Å². The zero-order chi connectivity index (χ0) is 13.7. The van der Waals surface area contributed by atoms with Crippen LogP contribution in [0.3, 0.4) is 0 Å². The Hall–Kier alpha value is -2.07. The van der Waals surface area contributed by atoms with Crippen LogP contribution in [-0.4, -0.2) is 26.5 Å². The lowest BCUT2D eigenvalue weighted by Crippen LogP contribution is -2.08. The molecule has 0 aliphatic carbocycles. The highest BCUT2D eigenvalue weighted by Crippen LogP contribution is 2.21. The summed E-state index contributed by atoms with van der Waals surface area (Å²) in [5.41, 5.74) is 1.87. The second kappa shape index (κ2) is 6.20. The fraction of sp³-hybridized carbons (Fsp3) is 0.143. The van der Waals surface area contributed by atoms with Crippen molar-refractivity contribution in [2.45, 2.75) is 0 Å². The Bertz CT molecular complexity index is 589. The number of nitrogens with zero attached hydrogens (tertiary/aromatic N) is 3. The zero-order valence-corrected chi connectivity index (χ0v) is 11.5. The molecule has 2 aromatic rings. The van der Waals surface area contributed by atoms with Gasteiger partial charge in [-0.15, -0.1) is 0 Å². The fourth-order valence-corrected chi connectivity index (χ4v) is 1.67. The van der Waals surface area contributed by atoms with E-state index in [1.165, 1.54) is 0 Å². The number of hydrogen-bond donors (Lipinski definition) is 0. The number of furan rings is 1. The monoisotopic (exact) mass is 275 g/mol. The van der Waals surface area contributed by atoms with Gasteiger partial charge in [-0.05, 0) is 30.3 Å². The maximum absolute atomic E-state index is 6.16. The fourth-order valence-electron chi connectivity index (χ4n) is 1.45. The second-order valence-electron chi connectivity index (χ2n) is 4.10. The Kier molecular flexibility index (Phi) is 4.36. The zero-order valence-electron chi connectivity index (χ0n) is 10.7. The van der Waals surface area contributed by atoms with E-state index in [-0.39, 0.29) is 0 Å². The van der Waals surface area contributed by atoms with Crippen LogP contribution in [0.4, 0.5) is 5.69 Å². The minimum absolute atomic E-state index is 0.642. The van der Waals surface area contributed by atoms with Gasteiger partial charge in [-0.25, -0.2) is 0 Å². The summed E-state index contributed by atoms with van der Waals surface area (Å²) >= 11 is 6.16. The Morgan fingerprint density at radius 3 is 2.58 bits per heavy atom. The van der Waals surface area contributed by atoms with Crippen LogP contribution >= 0.6 is 11.6 Å². The molecule has 4 nitrogen and oxygen atoms in total. The van der Waals surface area contributed by atoms with Crippen LogP contribution in [0.15, 0.2) is 51.2 Å². The third kappa shape index (κ3) is 3.69. The molecular formula is C14H14ClN3O. The summed E-state index contributed by atoms with van der Waals surface area (Å²) in [6.45, 7) is 0. The van der Waals surface area contributed by atoms with E-state index in [4.69, 9.17) is 16.0 Å². The van der Waals surface area contributed by atoms with E-state index >= 15 is 0 Å². The lowest BCUT2D eigenvalue weighted by Gasteiger charge is -2.12. The molecule has 0 saturated carbocycles. The standard InChI is InChI=1S/C14H14ClN3O/c1-18(2)12-6-5-11(14(15)8-12)9-16-17-10-13-4-3-7-19-13/h3-10H,1-2H3/b16-9+,17-10-. The molecule has 19 heavy (non-hydrogen) atoms. The van der Waals surface area contributed by atoms with Crippen molar-refractivity contribution in [2.24, 2.45) is 10.2 Å². The maximum atomic E-state index is 6.16. The number of hydrogen-bond acceptors (Lipinski definition) is 4. The number of anilines is 1. The Morgan fingerprint density at radius 1 is 1.16 bits per heavy atom. The van der Waals surface area contributed by atoms with E-state index in [0.717, 1.165) is 11.3 Å². The third-order valence-corrected chi connectivity index (χ3v) is 2.82. The highest BCUT2D eigenvalue weighted by Gasteiger charge is 2.00. The lowest BCUT2D eigenvalue weighted by atomic mass is 10.2. The molecule has 2 rings (SSSR count). The molecule has 5 heteroatoms. The summed E-state index contributed by atoms with van der Waals surface area (Å²) in [6, 6.07) is 9.37. The normalized spacial score (nSPS) is 11.5. The minimum atomic E-state index is 0.642. The molecule has 0 fully saturated rings. The molecule has 98 valence electrons. The van der Waals surface area contributed by atoms with Gasteiger partial charge in [0.2, 0.25) is 0 Å². The largest absolute Gasteiger partial charge is 0.463 e. The molecule has 0 radical (unpaired) electrons. The molecule has 1 aromatic heterocycles. The first-order valence-corrected chi connectivity index (χ1v) is 6.11. The molecule has 0 N–H and O–H groups in total. The Balaban J connectivity index is 2.07. The molecule has 0 aliphatic heterocycles. The highest BCUT2D eigenvalue weighted by molar-refractivity contribution is 6.33. The van der Waals surface area contributed by atoms with Crippen LogP contribution < -0.4 is 4.90 Å². The summed E-state index contributed by atoms with van der Waals surface area (Å²) < 4.78 is 5.10. The Morgan fingerprint density at radius 2 is 1.95 bits per heavy atom. The van der Waals surface area contributed by atoms with Gasteiger partial charge in [-0.2, -0.15) is 10.2 Å². The van der Waals surface area contributed by atoms with Crippen molar-refractivity contribution in [1.82, 2.24) is 0 Å². The van der Waals surface area contributed by atoms with Crippen molar-refractivity contribution in [3.63, 3.8) is 0 Å². The molecule has 0 atom stereocenters. The molecule has 1 aromatic carbocycles. The van der Waals surface area contributed by atoms with Gasteiger partial charge in [0.05, 0.1) is 23.7 Å². The first-order chi connectivity index (χ1) is 9.16. The first kappa shape index (κ1) is 13.4. The van der Waals surface area contributed by atoms with Crippen LogP contribution in [0.5, 0.6) is 0 Å². The predicted octanol–water partition coefficient (Wildman–Crippen LogP) is 3.45. The predicted molar refractivity (Wildman–Crippen MR) is 79.7 cm³/mol. The van der Waals surface area contributed by atoms with E-state index in [9.17, 15) is 0 Å². The molecule has 0 aliphatic rings. The van der Waals surface area contributed by atoms with Gasteiger partial charge >= 0.3 is 0 Å². The van der Waals surface area contributed by atoms with E-state index in [0.29, 0.717) is 10.8 Å². The van der Waals surface area contributed by atoms with Gasteiger partial charge in [0.15, 0.2) is 0 Å². The summed E-state index contributed by atoms with van der Waals surface area (Å²) in [6.07, 6.45) is 4.74. The SMILES string of the molecule is CN(C)c1ccc(/C=N/N=C\c2ccco2)c(Cl)c1. The summed E-state index contributed by atoms with van der Waals surface area (Å²) in [4.78, 5) is 1.99. The molecule has 0 unspecified atom stereocenters. The van der Waals surface area contributed by atoms with Crippen molar-refractivity contribution >= 4 is 29.7 Å². The van der Waals surface area contributed by atoms with Gasteiger partial charge in [-0.1, -0.05) is 11.6 Å². The number of rotatable bonds is 4. The third-order valence-electron chi connectivity index (χ3n) is 2.49.